The number of halogens is 3. The highest BCUT2D eigenvalue weighted by Gasteiger charge is 2.09. The number of anilines is 1. The number of rotatable bonds is 4. The molecule has 1 N–H and O–H groups in total. The number of pyridine rings is 1. The van der Waals surface area contributed by atoms with E-state index in [9.17, 15) is 4.79 Å². The number of carbonyl (C=O) groups excluding carboxylic acids is 1. The molecule has 104 valence electrons. The molecule has 0 unspecified atom stereocenters. The van der Waals surface area contributed by atoms with E-state index in [0.29, 0.717) is 20.8 Å². The van der Waals surface area contributed by atoms with E-state index in [1.165, 1.54) is 11.8 Å². The van der Waals surface area contributed by atoms with Crippen molar-refractivity contribution in [1.82, 2.24) is 4.98 Å². The van der Waals surface area contributed by atoms with Crippen LogP contribution in [0.2, 0.25) is 10.0 Å². The van der Waals surface area contributed by atoms with Crippen molar-refractivity contribution in [3.63, 3.8) is 0 Å². The maximum Gasteiger partial charge on any atom is 0.234 e. The predicted octanol–water partition coefficient (Wildman–Crippen LogP) is 4.88. The number of thioether (sulfide) groups is 1. The van der Waals surface area contributed by atoms with Gasteiger partial charge in [-0.25, -0.2) is 4.98 Å². The van der Waals surface area contributed by atoms with Crippen molar-refractivity contribution in [1.29, 1.82) is 0 Å². The summed E-state index contributed by atoms with van der Waals surface area (Å²) in [7, 11) is 0. The molecule has 2 aromatic rings. The summed E-state index contributed by atoms with van der Waals surface area (Å²) >= 11 is 16.6. The largest absolute Gasteiger partial charge is 0.324 e. The molecule has 1 amide bonds. The highest BCUT2D eigenvalue weighted by molar-refractivity contribution is 9.10. The lowest BCUT2D eigenvalue weighted by molar-refractivity contribution is -0.113. The van der Waals surface area contributed by atoms with Crippen LogP contribution in [-0.4, -0.2) is 16.6 Å². The number of hydrogen-bond acceptors (Lipinski definition) is 3. The molecule has 0 spiro atoms. The second kappa shape index (κ2) is 7.31. The van der Waals surface area contributed by atoms with Crippen molar-refractivity contribution in [2.45, 2.75) is 5.03 Å². The fourth-order valence-electron chi connectivity index (χ4n) is 1.39. The summed E-state index contributed by atoms with van der Waals surface area (Å²) < 4.78 is 0.857. The molecule has 0 fully saturated rings. The number of amides is 1. The molecule has 7 heteroatoms. The van der Waals surface area contributed by atoms with Gasteiger partial charge >= 0.3 is 0 Å². The minimum atomic E-state index is -0.166. The lowest BCUT2D eigenvalue weighted by Crippen LogP contribution is -2.14. The van der Waals surface area contributed by atoms with Gasteiger partial charge in [-0.05, 0) is 30.3 Å². The predicted molar refractivity (Wildman–Crippen MR) is 87.8 cm³/mol. The first-order valence-corrected chi connectivity index (χ1v) is 8.08. The highest BCUT2D eigenvalue weighted by Crippen LogP contribution is 2.27. The molecule has 3 nitrogen and oxygen atoms in total. The van der Waals surface area contributed by atoms with Gasteiger partial charge in [-0.15, -0.1) is 0 Å². The van der Waals surface area contributed by atoms with E-state index in [1.807, 2.05) is 6.07 Å². The Bertz CT molecular complexity index is 640. The molecule has 1 aromatic heterocycles. The highest BCUT2D eigenvalue weighted by atomic mass is 79.9. The smallest absolute Gasteiger partial charge is 0.234 e. The van der Waals surface area contributed by atoms with Crippen LogP contribution in [0.3, 0.4) is 0 Å². The number of carbonyl (C=O) groups is 1. The Morgan fingerprint density at radius 1 is 1.30 bits per heavy atom. The molecule has 0 bridgehead atoms. The van der Waals surface area contributed by atoms with Crippen LogP contribution in [0.25, 0.3) is 0 Å². The maximum atomic E-state index is 11.9. The van der Waals surface area contributed by atoms with Gasteiger partial charge in [0.25, 0.3) is 0 Å². The molecule has 0 aliphatic rings. The molecule has 2 rings (SSSR count). The van der Waals surface area contributed by atoms with Crippen LogP contribution in [0.5, 0.6) is 0 Å². The molecule has 0 saturated heterocycles. The van der Waals surface area contributed by atoms with Gasteiger partial charge < -0.3 is 5.32 Å². The van der Waals surface area contributed by atoms with E-state index < -0.39 is 0 Å². The quantitative estimate of drug-likeness (QED) is 0.755. The van der Waals surface area contributed by atoms with Gasteiger partial charge in [0.1, 0.15) is 5.03 Å². The zero-order chi connectivity index (χ0) is 14.5. The molecule has 0 atom stereocenters. The van der Waals surface area contributed by atoms with Gasteiger partial charge in [0.05, 0.1) is 21.5 Å². The van der Waals surface area contributed by atoms with E-state index >= 15 is 0 Å². The molecule has 0 saturated carbocycles. The van der Waals surface area contributed by atoms with E-state index in [1.54, 1.807) is 30.5 Å². The van der Waals surface area contributed by atoms with Crippen LogP contribution < -0.4 is 5.32 Å². The number of hydrogen-bond donors (Lipinski definition) is 1. The topological polar surface area (TPSA) is 42.0 Å². The van der Waals surface area contributed by atoms with Crippen molar-refractivity contribution in [3.05, 3.63) is 51.0 Å². The monoisotopic (exact) mass is 390 g/mol. The van der Waals surface area contributed by atoms with Crippen LogP contribution in [0.4, 0.5) is 5.69 Å². The normalized spacial score (nSPS) is 10.3. The van der Waals surface area contributed by atoms with Crippen molar-refractivity contribution in [2.24, 2.45) is 0 Å². The summed E-state index contributed by atoms with van der Waals surface area (Å²) in [5.41, 5.74) is 0.576. The van der Waals surface area contributed by atoms with Crippen LogP contribution in [-0.2, 0) is 4.79 Å². The van der Waals surface area contributed by atoms with Crippen molar-refractivity contribution < 1.29 is 4.79 Å². The van der Waals surface area contributed by atoms with E-state index in [4.69, 9.17) is 23.2 Å². The second-order valence-electron chi connectivity index (χ2n) is 3.75. The molecular formula is C13H9BrCl2N2OS. The Kier molecular flexibility index (Phi) is 5.72. The Balaban J connectivity index is 1.94. The Morgan fingerprint density at radius 3 is 2.80 bits per heavy atom. The summed E-state index contributed by atoms with van der Waals surface area (Å²) in [5.74, 6) is 0.0456. The molecule has 1 heterocycles. The fourth-order valence-corrected chi connectivity index (χ4v) is 3.08. The minimum Gasteiger partial charge on any atom is -0.324 e. The Morgan fingerprint density at radius 2 is 2.10 bits per heavy atom. The number of nitrogens with one attached hydrogen (secondary N) is 1. The molecule has 0 radical (unpaired) electrons. The first-order valence-electron chi connectivity index (χ1n) is 5.54. The first kappa shape index (κ1) is 15.6. The third kappa shape index (κ3) is 4.38. The maximum absolute atomic E-state index is 11.9. The summed E-state index contributed by atoms with van der Waals surface area (Å²) in [4.78, 5) is 16.0. The second-order valence-corrected chi connectivity index (χ2v) is 6.45. The van der Waals surface area contributed by atoms with Crippen molar-refractivity contribution in [2.75, 3.05) is 11.1 Å². The third-order valence-corrected chi connectivity index (χ3v) is 4.50. The molecule has 20 heavy (non-hydrogen) atoms. The summed E-state index contributed by atoms with van der Waals surface area (Å²) in [6.45, 7) is 0. The van der Waals surface area contributed by atoms with Gasteiger partial charge in [0.15, 0.2) is 0 Å². The van der Waals surface area contributed by atoms with E-state index in [-0.39, 0.29) is 11.7 Å². The average molecular weight is 392 g/mol. The van der Waals surface area contributed by atoms with E-state index in [2.05, 4.69) is 26.2 Å². The standard InChI is InChI=1S/C13H9BrCl2N2OS/c14-8-3-4-11(10(16)6-8)18-12(19)7-20-13-9(15)2-1-5-17-13/h1-6H,7H2,(H,18,19). The Labute approximate surface area is 139 Å². The van der Waals surface area contributed by atoms with Crippen LogP contribution >= 0.6 is 50.9 Å². The third-order valence-electron chi connectivity index (χ3n) is 2.27. The zero-order valence-electron chi connectivity index (χ0n) is 10.1. The zero-order valence-corrected chi connectivity index (χ0v) is 14.0. The average Bonchev–Trinajstić information content (AvgIpc) is 2.41. The van der Waals surface area contributed by atoms with Crippen LogP contribution in [0.15, 0.2) is 46.0 Å². The molecule has 1 aromatic carbocycles. The SMILES string of the molecule is O=C(CSc1ncccc1Cl)Nc1ccc(Br)cc1Cl. The van der Waals surface area contributed by atoms with Crippen molar-refractivity contribution in [3.8, 4) is 0 Å². The summed E-state index contributed by atoms with van der Waals surface area (Å²) in [5, 5.41) is 4.39. The number of nitrogens with zero attached hydrogens (tertiary/aromatic N) is 1. The first-order chi connectivity index (χ1) is 9.56. The van der Waals surface area contributed by atoms with Gasteiger partial charge in [0.2, 0.25) is 5.91 Å². The lowest BCUT2D eigenvalue weighted by atomic mass is 10.3. The van der Waals surface area contributed by atoms with Gasteiger partial charge in [0, 0.05) is 10.7 Å². The van der Waals surface area contributed by atoms with Gasteiger partial charge in [-0.1, -0.05) is 50.9 Å². The van der Waals surface area contributed by atoms with Crippen LogP contribution in [0, 0.1) is 0 Å². The number of aromatic nitrogens is 1. The Hall–Kier alpha value is -0.750. The molecule has 0 aliphatic heterocycles. The lowest BCUT2D eigenvalue weighted by Gasteiger charge is -2.07. The fraction of sp³-hybridized carbons (Fsp3) is 0.0769. The van der Waals surface area contributed by atoms with E-state index in [0.717, 1.165) is 4.47 Å². The summed E-state index contributed by atoms with van der Waals surface area (Å²) in [6.07, 6.45) is 1.64. The van der Waals surface area contributed by atoms with Gasteiger partial charge in [-0.3, -0.25) is 4.79 Å². The minimum absolute atomic E-state index is 0.166. The summed E-state index contributed by atoms with van der Waals surface area (Å²) in [6, 6.07) is 8.75. The van der Waals surface area contributed by atoms with Crippen LogP contribution in [0.1, 0.15) is 0 Å². The van der Waals surface area contributed by atoms with Crippen molar-refractivity contribution >= 4 is 62.5 Å². The van der Waals surface area contributed by atoms with Gasteiger partial charge in [-0.2, -0.15) is 0 Å². The molecular weight excluding hydrogens is 383 g/mol. The molecule has 0 aliphatic carbocycles. The number of benzene rings is 1.